The number of ether oxygens (including phenoxy) is 2. The molecule has 0 fully saturated rings. The van der Waals surface area contributed by atoms with Gasteiger partial charge < -0.3 is 14.8 Å². The van der Waals surface area contributed by atoms with Crippen LogP contribution in [0, 0.1) is 6.92 Å². The summed E-state index contributed by atoms with van der Waals surface area (Å²) in [5.41, 5.74) is 3.48. The molecule has 156 valence electrons. The second kappa shape index (κ2) is 8.71. The highest BCUT2D eigenvalue weighted by atomic mass is 16.5. The third kappa shape index (κ3) is 4.40. The van der Waals surface area contributed by atoms with Gasteiger partial charge in [-0.25, -0.2) is 9.78 Å². The molecule has 1 amide bonds. The predicted molar refractivity (Wildman–Crippen MR) is 118 cm³/mol. The molecule has 0 saturated heterocycles. The predicted octanol–water partition coefficient (Wildman–Crippen LogP) is 4.14. The number of hydrogen-bond donors (Lipinski definition) is 1. The molecule has 0 aliphatic carbocycles. The topological polar surface area (TPSA) is 82.4 Å². The standard InChI is InChI=1S/C24H21N3O4/c1-16-25-21-14-17(8-13-22(21)27(16)19-6-4-3-5-7-19)24(29)31-15-23(28)26-18-9-11-20(30-2)12-10-18/h3-14H,15H2,1-2H3,(H,26,28). The summed E-state index contributed by atoms with van der Waals surface area (Å²) in [6.45, 7) is 1.52. The molecular formula is C24H21N3O4. The number of esters is 1. The fourth-order valence-corrected chi connectivity index (χ4v) is 3.32. The lowest BCUT2D eigenvalue weighted by Gasteiger charge is -2.08. The number of carbonyl (C=O) groups excluding carboxylic acids is 2. The van der Waals surface area contributed by atoms with Crippen molar-refractivity contribution in [2.75, 3.05) is 19.0 Å². The van der Waals surface area contributed by atoms with Crippen LogP contribution < -0.4 is 10.1 Å². The summed E-state index contributed by atoms with van der Waals surface area (Å²) in [4.78, 5) is 29.1. The molecule has 1 N–H and O–H groups in total. The lowest BCUT2D eigenvalue weighted by molar-refractivity contribution is -0.119. The lowest BCUT2D eigenvalue weighted by Crippen LogP contribution is -2.20. The molecular weight excluding hydrogens is 394 g/mol. The van der Waals surface area contributed by atoms with E-state index in [9.17, 15) is 9.59 Å². The summed E-state index contributed by atoms with van der Waals surface area (Å²) < 4.78 is 12.3. The molecule has 4 aromatic rings. The van der Waals surface area contributed by atoms with E-state index >= 15 is 0 Å². The van der Waals surface area contributed by atoms with Crippen LogP contribution in [-0.2, 0) is 9.53 Å². The van der Waals surface area contributed by atoms with E-state index in [0.29, 0.717) is 22.5 Å². The van der Waals surface area contributed by atoms with Gasteiger partial charge in [-0.1, -0.05) is 18.2 Å². The molecule has 3 aromatic carbocycles. The largest absolute Gasteiger partial charge is 0.497 e. The molecule has 1 heterocycles. The second-order valence-electron chi connectivity index (χ2n) is 6.89. The Balaban J connectivity index is 1.43. The van der Waals surface area contributed by atoms with Gasteiger partial charge in [0, 0.05) is 11.4 Å². The summed E-state index contributed by atoms with van der Waals surface area (Å²) in [6.07, 6.45) is 0. The SMILES string of the molecule is COc1ccc(NC(=O)COC(=O)c2ccc3c(c2)nc(C)n3-c2ccccc2)cc1. The van der Waals surface area contributed by atoms with Crippen LogP contribution in [0.25, 0.3) is 16.7 Å². The number of anilines is 1. The normalized spacial score (nSPS) is 10.6. The highest BCUT2D eigenvalue weighted by Gasteiger charge is 2.15. The summed E-state index contributed by atoms with van der Waals surface area (Å²) >= 11 is 0. The van der Waals surface area contributed by atoms with Crippen molar-refractivity contribution in [1.82, 2.24) is 9.55 Å². The van der Waals surface area contributed by atoms with Gasteiger partial charge in [-0.3, -0.25) is 9.36 Å². The Bertz CT molecular complexity index is 1230. The first-order chi connectivity index (χ1) is 15.0. The second-order valence-corrected chi connectivity index (χ2v) is 6.89. The van der Waals surface area contributed by atoms with Crippen LogP contribution in [0.2, 0.25) is 0 Å². The molecule has 0 bridgehead atoms. The third-order valence-electron chi connectivity index (χ3n) is 4.78. The Labute approximate surface area is 179 Å². The first kappa shape index (κ1) is 20.2. The number of para-hydroxylation sites is 1. The Morgan fingerprint density at radius 3 is 2.45 bits per heavy atom. The van der Waals surface area contributed by atoms with E-state index < -0.39 is 11.9 Å². The van der Waals surface area contributed by atoms with Crippen LogP contribution in [0.4, 0.5) is 5.69 Å². The maximum atomic E-state index is 12.4. The van der Waals surface area contributed by atoms with Crippen LogP contribution in [0.5, 0.6) is 5.75 Å². The number of benzene rings is 3. The summed E-state index contributed by atoms with van der Waals surface area (Å²) in [5, 5.41) is 2.67. The number of aromatic nitrogens is 2. The number of methoxy groups -OCH3 is 1. The Hall–Kier alpha value is -4.13. The number of imidazole rings is 1. The molecule has 0 radical (unpaired) electrons. The average Bonchev–Trinajstić information content (AvgIpc) is 3.13. The fraction of sp³-hybridized carbons (Fsp3) is 0.125. The quantitative estimate of drug-likeness (QED) is 0.479. The molecule has 31 heavy (non-hydrogen) atoms. The van der Waals surface area contributed by atoms with Crippen LogP contribution in [0.15, 0.2) is 72.8 Å². The van der Waals surface area contributed by atoms with Gasteiger partial charge in [0.25, 0.3) is 5.91 Å². The van der Waals surface area contributed by atoms with Crippen LogP contribution in [0.3, 0.4) is 0 Å². The summed E-state index contributed by atoms with van der Waals surface area (Å²) in [7, 11) is 1.57. The minimum atomic E-state index is -0.585. The summed E-state index contributed by atoms with van der Waals surface area (Å²) in [5.74, 6) is 0.484. The monoisotopic (exact) mass is 415 g/mol. The minimum absolute atomic E-state index is 0.336. The molecule has 7 heteroatoms. The number of rotatable bonds is 6. The van der Waals surface area contributed by atoms with Crippen molar-refractivity contribution in [2.24, 2.45) is 0 Å². The molecule has 1 aromatic heterocycles. The van der Waals surface area contributed by atoms with Crippen LogP contribution in [0.1, 0.15) is 16.2 Å². The van der Waals surface area contributed by atoms with Crippen molar-refractivity contribution in [3.05, 3.63) is 84.2 Å². The molecule has 0 atom stereocenters. The van der Waals surface area contributed by atoms with Gasteiger partial charge in [0.05, 0.1) is 23.7 Å². The van der Waals surface area contributed by atoms with E-state index in [4.69, 9.17) is 9.47 Å². The minimum Gasteiger partial charge on any atom is -0.497 e. The Morgan fingerprint density at radius 1 is 1.00 bits per heavy atom. The number of aryl methyl sites for hydroxylation is 1. The Kier molecular flexibility index (Phi) is 5.66. The van der Waals surface area contributed by atoms with E-state index in [2.05, 4.69) is 10.3 Å². The van der Waals surface area contributed by atoms with Gasteiger partial charge in [0.2, 0.25) is 0 Å². The van der Waals surface area contributed by atoms with E-state index in [1.165, 1.54) is 0 Å². The molecule has 0 aliphatic heterocycles. The van der Waals surface area contributed by atoms with Gasteiger partial charge in [-0.05, 0) is 61.5 Å². The highest BCUT2D eigenvalue weighted by Crippen LogP contribution is 2.22. The van der Waals surface area contributed by atoms with Gasteiger partial charge in [-0.2, -0.15) is 0 Å². The van der Waals surface area contributed by atoms with Gasteiger partial charge >= 0.3 is 5.97 Å². The van der Waals surface area contributed by atoms with Crippen LogP contribution >= 0.6 is 0 Å². The molecule has 4 rings (SSSR count). The van der Waals surface area contributed by atoms with Gasteiger partial charge in [0.15, 0.2) is 6.61 Å². The van der Waals surface area contributed by atoms with E-state index in [0.717, 1.165) is 17.0 Å². The van der Waals surface area contributed by atoms with Crippen molar-refractivity contribution in [1.29, 1.82) is 0 Å². The number of nitrogens with one attached hydrogen (secondary N) is 1. The van der Waals surface area contributed by atoms with Gasteiger partial charge in [0.1, 0.15) is 11.6 Å². The zero-order valence-electron chi connectivity index (χ0n) is 17.2. The summed E-state index contributed by atoms with van der Waals surface area (Å²) in [6, 6.07) is 21.9. The zero-order valence-corrected chi connectivity index (χ0v) is 17.2. The molecule has 0 aliphatic rings. The first-order valence-corrected chi connectivity index (χ1v) is 9.71. The third-order valence-corrected chi connectivity index (χ3v) is 4.78. The average molecular weight is 415 g/mol. The molecule has 0 spiro atoms. The Morgan fingerprint density at radius 2 is 1.74 bits per heavy atom. The maximum Gasteiger partial charge on any atom is 0.338 e. The number of hydrogen-bond acceptors (Lipinski definition) is 5. The van der Waals surface area contributed by atoms with E-state index in [1.54, 1.807) is 43.5 Å². The number of amides is 1. The number of nitrogens with zero attached hydrogens (tertiary/aromatic N) is 2. The van der Waals surface area contributed by atoms with Crippen LogP contribution in [-0.4, -0.2) is 35.1 Å². The fourth-order valence-electron chi connectivity index (χ4n) is 3.32. The van der Waals surface area contributed by atoms with Crippen molar-refractivity contribution >= 4 is 28.6 Å². The van der Waals surface area contributed by atoms with Crippen molar-refractivity contribution < 1.29 is 19.1 Å². The van der Waals surface area contributed by atoms with Gasteiger partial charge in [-0.15, -0.1) is 0 Å². The highest BCUT2D eigenvalue weighted by molar-refractivity contribution is 5.97. The lowest BCUT2D eigenvalue weighted by atomic mass is 10.2. The zero-order chi connectivity index (χ0) is 21.8. The molecule has 0 unspecified atom stereocenters. The van der Waals surface area contributed by atoms with Crippen molar-refractivity contribution in [2.45, 2.75) is 6.92 Å². The first-order valence-electron chi connectivity index (χ1n) is 9.71. The van der Waals surface area contributed by atoms with Crippen molar-refractivity contribution in [3.63, 3.8) is 0 Å². The van der Waals surface area contributed by atoms with Crippen molar-refractivity contribution in [3.8, 4) is 11.4 Å². The maximum absolute atomic E-state index is 12.4. The number of fused-ring (bicyclic) bond motifs is 1. The molecule has 7 nitrogen and oxygen atoms in total. The number of carbonyl (C=O) groups is 2. The smallest absolute Gasteiger partial charge is 0.338 e. The molecule has 0 saturated carbocycles. The van der Waals surface area contributed by atoms with E-state index in [1.807, 2.05) is 47.9 Å². The van der Waals surface area contributed by atoms with E-state index in [-0.39, 0.29) is 6.61 Å².